The summed E-state index contributed by atoms with van der Waals surface area (Å²) in [6, 6.07) is 14.8. The largest absolute Gasteiger partial charge is 0.368 e. The molecule has 1 amide bonds. The summed E-state index contributed by atoms with van der Waals surface area (Å²) in [6.07, 6.45) is 0. The molecule has 1 fully saturated rings. The van der Waals surface area contributed by atoms with Crippen molar-refractivity contribution in [1.82, 2.24) is 4.90 Å². The number of amides is 1. The van der Waals surface area contributed by atoms with Crippen LogP contribution in [0.15, 0.2) is 53.0 Å². The van der Waals surface area contributed by atoms with Gasteiger partial charge in [-0.2, -0.15) is 0 Å². The molecule has 0 spiro atoms. The van der Waals surface area contributed by atoms with Gasteiger partial charge in [0, 0.05) is 48.0 Å². The number of piperazine rings is 1. The lowest BCUT2D eigenvalue weighted by Crippen LogP contribution is -2.48. The third-order valence-corrected chi connectivity index (χ3v) is 5.06. The molecule has 3 rings (SSSR count). The molecule has 2 aromatic rings. The van der Waals surface area contributed by atoms with E-state index in [-0.39, 0.29) is 11.8 Å². The van der Waals surface area contributed by atoms with Gasteiger partial charge in [0.25, 0.3) is 5.91 Å². The van der Waals surface area contributed by atoms with Crippen LogP contribution in [-0.4, -0.2) is 43.0 Å². The third kappa shape index (κ3) is 5.04. The summed E-state index contributed by atoms with van der Waals surface area (Å²) in [7, 11) is 0. The van der Waals surface area contributed by atoms with Gasteiger partial charge in [-0.15, -0.1) is 0 Å². The van der Waals surface area contributed by atoms with E-state index in [4.69, 9.17) is 9.78 Å². The molecule has 0 N–H and O–H groups in total. The summed E-state index contributed by atoms with van der Waals surface area (Å²) in [5.41, 5.74) is 1.66. The summed E-state index contributed by atoms with van der Waals surface area (Å²) in [5, 5.41) is 0. The molecule has 1 aliphatic rings. The first kappa shape index (κ1) is 20.2. The van der Waals surface area contributed by atoms with Crippen LogP contribution in [0.1, 0.15) is 24.2 Å². The van der Waals surface area contributed by atoms with Gasteiger partial charge in [0.05, 0.1) is 5.92 Å². The number of rotatable bonds is 5. The van der Waals surface area contributed by atoms with Crippen LogP contribution in [0.3, 0.4) is 0 Å². The summed E-state index contributed by atoms with van der Waals surface area (Å²) >= 11 is 3.39. The lowest BCUT2D eigenvalue weighted by molar-refractivity contribution is -0.217. The SMILES string of the molecule is CC(C)C(=O)OOc1cccc(N2CCN(C(=O)c3ccc(Br)cc3)CC2)c1. The highest BCUT2D eigenvalue weighted by molar-refractivity contribution is 9.10. The number of nitrogens with zero attached hydrogens (tertiary/aromatic N) is 2. The molecule has 0 saturated carbocycles. The van der Waals surface area contributed by atoms with Crippen LogP contribution in [-0.2, 0) is 9.68 Å². The minimum Gasteiger partial charge on any atom is -0.368 e. The van der Waals surface area contributed by atoms with Crippen molar-refractivity contribution in [3.05, 3.63) is 58.6 Å². The van der Waals surface area contributed by atoms with Crippen LogP contribution < -0.4 is 9.79 Å². The van der Waals surface area contributed by atoms with Gasteiger partial charge in [0.15, 0.2) is 5.75 Å². The van der Waals surface area contributed by atoms with Crippen LogP contribution in [0, 0.1) is 5.92 Å². The molecule has 7 heteroatoms. The molecule has 0 unspecified atom stereocenters. The van der Waals surface area contributed by atoms with E-state index in [1.165, 1.54) is 0 Å². The van der Waals surface area contributed by atoms with Gasteiger partial charge in [0.1, 0.15) is 0 Å². The summed E-state index contributed by atoms with van der Waals surface area (Å²) < 4.78 is 0.954. The molecule has 0 aliphatic carbocycles. The Balaban J connectivity index is 1.57. The average molecular weight is 447 g/mol. The molecule has 0 radical (unpaired) electrons. The lowest BCUT2D eigenvalue weighted by Gasteiger charge is -2.36. The second kappa shape index (κ2) is 9.10. The van der Waals surface area contributed by atoms with Crippen molar-refractivity contribution in [2.75, 3.05) is 31.1 Å². The van der Waals surface area contributed by atoms with Crippen LogP contribution in [0.25, 0.3) is 0 Å². The molecule has 1 saturated heterocycles. The topological polar surface area (TPSA) is 59.1 Å². The van der Waals surface area contributed by atoms with Crippen LogP contribution >= 0.6 is 15.9 Å². The summed E-state index contributed by atoms with van der Waals surface area (Å²) in [6.45, 7) is 6.22. The van der Waals surface area contributed by atoms with Crippen molar-refractivity contribution in [2.24, 2.45) is 5.92 Å². The first-order valence-corrected chi connectivity index (χ1v) is 10.0. The average Bonchev–Trinajstić information content (AvgIpc) is 2.72. The standard InChI is InChI=1S/C21H23BrN2O4/c1-15(2)21(26)28-27-19-5-3-4-18(14-19)23-10-12-24(13-11-23)20(25)16-6-8-17(22)9-7-16/h3-9,14-15H,10-13H2,1-2H3. The smallest absolute Gasteiger partial charge is 0.357 e. The molecule has 0 atom stereocenters. The molecular weight excluding hydrogens is 424 g/mol. The Morgan fingerprint density at radius 3 is 2.32 bits per heavy atom. The second-order valence-corrected chi connectivity index (χ2v) is 7.84. The van der Waals surface area contributed by atoms with E-state index in [0.29, 0.717) is 24.4 Å². The number of benzene rings is 2. The van der Waals surface area contributed by atoms with Crippen LogP contribution in [0.5, 0.6) is 5.75 Å². The Morgan fingerprint density at radius 2 is 1.68 bits per heavy atom. The van der Waals surface area contributed by atoms with Gasteiger partial charge in [-0.1, -0.05) is 35.8 Å². The van der Waals surface area contributed by atoms with Gasteiger partial charge in [-0.3, -0.25) is 14.6 Å². The first-order valence-electron chi connectivity index (χ1n) is 9.22. The third-order valence-electron chi connectivity index (χ3n) is 4.53. The minimum atomic E-state index is -0.412. The van der Waals surface area contributed by atoms with Crippen molar-refractivity contribution in [3.8, 4) is 5.75 Å². The van der Waals surface area contributed by atoms with E-state index in [0.717, 1.165) is 23.2 Å². The number of carbonyl (C=O) groups is 2. The Labute approximate surface area is 173 Å². The maximum Gasteiger partial charge on any atom is 0.357 e. The monoisotopic (exact) mass is 446 g/mol. The molecule has 2 aromatic carbocycles. The molecule has 0 aromatic heterocycles. The summed E-state index contributed by atoms with van der Waals surface area (Å²) in [4.78, 5) is 38.2. The van der Waals surface area contributed by atoms with Gasteiger partial charge >= 0.3 is 5.97 Å². The van der Waals surface area contributed by atoms with Crippen molar-refractivity contribution in [2.45, 2.75) is 13.8 Å². The van der Waals surface area contributed by atoms with Gasteiger partial charge < -0.3 is 9.80 Å². The molecule has 1 heterocycles. The molecule has 0 bridgehead atoms. The minimum absolute atomic E-state index is 0.0461. The number of hydrogen-bond acceptors (Lipinski definition) is 5. The molecular formula is C21H23BrN2O4. The Kier molecular flexibility index (Phi) is 6.57. The number of anilines is 1. The molecule has 6 nitrogen and oxygen atoms in total. The van der Waals surface area contributed by atoms with E-state index in [2.05, 4.69) is 20.8 Å². The van der Waals surface area contributed by atoms with Gasteiger partial charge in [-0.05, 0) is 36.4 Å². The van der Waals surface area contributed by atoms with Crippen LogP contribution in [0.2, 0.25) is 0 Å². The number of carbonyl (C=O) groups excluding carboxylic acids is 2. The van der Waals surface area contributed by atoms with Gasteiger partial charge in [-0.25, -0.2) is 4.79 Å². The quantitative estimate of drug-likeness (QED) is 0.514. The zero-order chi connectivity index (χ0) is 20.1. The Bertz CT molecular complexity index is 831. The van der Waals surface area contributed by atoms with E-state index < -0.39 is 5.97 Å². The lowest BCUT2D eigenvalue weighted by atomic mass is 10.1. The Morgan fingerprint density at radius 1 is 1.00 bits per heavy atom. The van der Waals surface area contributed by atoms with E-state index >= 15 is 0 Å². The maximum atomic E-state index is 12.6. The Hall–Kier alpha value is -2.54. The normalized spacial score (nSPS) is 14.1. The van der Waals surface area contributed by atoms with E-state index in [1.807, 2.05) is 47.4 Å². The van der Waals surface area contributed by atoms with Crippen molar-refractivity contribution >= 4 is 33.5 Å². The zero-order valence-corrected chi connectivity index (χ0v) is 17.5. The highest BCUT2D eigenvalue weighted by atomic mass is 79.9. The fourth-order valence-electron chi connectivity index (χ4n) is 2.86. The fourth-order valence-corrected chi connectivity index (χ4v) is 3.12. The number of halogens is 1. The predicted octanol–water partition coefficient (Wildman–Crippen LogP) is 3.90. The van der Waals surface area contributed by atoms with Crippen molar-refractivity contribution in [1.29, 1.82) is 0 Å². The van der Waals surface area contributed by atoms with Crippen LogP contribution in [0.4, 0.5) is 5.69 Å². The molecule has 1 aliphatic heterocycles. The van der Waals surface area contributed by atoms with Crippen molar-refractivity contribution in [3.63, 3.8) is 0 Å². The first-order chi connectivity index (χ1) is 13.4. The van der Waals surface area contributed by atoms with E-state index in [1.54, 1.807) is 19.9 Å². The van der Waals surface area contributed by atoms with Crippen molar-refractivity contribution < 1.29 is 19.4 Å². The fraction of sp³-hybridized carbons (Fsp3) is 0.333. The molecule has 28 heavy (non-hydrogen) atoms. The predicted molar refractivity (Wildman–Crippen MR) is 110 cm³/mol. The highest BCUT2D eigenvalue weighted by Crippen LogP contribution is 2.23. The second-order valence-electron chi connectivity index (χ2n) is 6.92. The number of hydrogen-bond donors (Lipinski definition) is 0. The zero-order valence-electron chi connectivity index (χ0n) is 15.9. The molecule has 148 valence electrons. The highest BCUT2D eigenvalue weighted by Gasteiger charge is 2.22. The summed E-state index contributed by atoms with van der Waals surface area (Å²) in [5.74, 6) is -0.144. The maximum absolute atomic E-state index is 12.6. The van der Waals surface area contributed by atoms with E-state index in [9.17, 15) is 9.59 Å². The van der Waals surface area contributed by atoms with Gasteiger partial charge in [0.2, 0.25) is 0 Å².